The Morgan fingerprint density at radius 3 is 2.22 bits per heavy atom. The van der Waals surface area contributed by atoms with E-state index < -0.39 is 0 Å². The van der Waals surface area contributed by atoms with E-state index in [0.717, 1.165) is 24.9 Å². The summed E-state index contributed by atoms with van der Waals surface area (Å²) >= 11 is 0. The van der Waals surface area contributed by atoms with Gasteiger partial charge in [-0.1, -0.05) is 56.3 Å². The number of anilines is 1. The van der Waals surface area contributed by atoms with Crippen molar-refractivity contribution in [2.75, 3.05) is 5.73 Å². The molecule has 0 spiro atoms. The molecule has 1 heteroatoms. The normalized spacial score (nSPS) is 10.6. The van der Waals surface area contributed by atoms with Crippen LogP contribution in [0.15, 0.2) is 42.5 Å². The van der Waals surface area contributed by atoms with Crippen molar-refractivity contribution in [1.82, 2.24) is 0 Å². The molecule has 0 bridgehead atoms. The van der Waals surface area contributed by atoms with Gasteiger partial charge in [0.1, 0.15) is 0 Å². The lowest BCUT2D eigenvalue weighted by atomic mass is 9.98. The highest BCUT2D eigenvalue weighted by Crippen LogP contribution is 2.21. The Morgan fingerprint density at radius 1 is 0.833 bits per heavy atom. The van der Waals surface area contributed by atoms with Gasteiger partial charge in [-0.3, -0.25) is 0 Å². The molecule has 0 atom stereocenters. The molecule has 2 aromatic rings. The quantitative estimate of drug-likeness (QED) is 0.802. The summed E-state index contributed by atoms with van der Waals surface area (Å²) in [6.45, 7) is 4.33. The number of benzene rings is 2. The van der Waals surface area contributed by atoms with Crippen LogP contribution in [0.25, 0.3) is 0 Å². The summed E-state index contributed by atoms with van der Waals surface area (Å²) < 4.78 is 0. The fourth-order valence-corrected chi connectivity index (χ4v) is 2.31. The van der Waals surface area contributed by atoms with E-state index in [1.807, 2.05) is 0 Å². The van der Waals surface area contributed by atoms with E-state index in [9.17, 15) is 0 Å². The first-order valence-corrected chi connectivity index (χ1v) is 6.68. The largest absolute Gasteiger partial charge is 0.398 e. The molecule has 0 heterocycles. The van der Waals surface area contributed by atoms with Crippen molar-refractivity contribution >= 4 is 5.69 Å². The Kier molecular flexibility index (Phi) is 4.03. The Bertz CT molecular complexity index is 529. The average Bonchev–Trinajstić information content (AvgIpc) is 2.41. The molecule has 0 aliphatic carbocycles. The van der Waals surface area contributed by atoms with Crippen LogP contribution in [0.3, 0.4) is 0 Å². The van der Waals surface area contributed by atoms with Gasteiger partial charge in [0.15, 0.2) is 0 Å². The van der Waals surface area contributed by atoms with Crippen molar-refractivity contribution in [3.63, 3.8) is 0 Å². The number of nitrogen functional groups attached to an aromatic ring is 1. The fraction of sp³-hybridized carbons (Fsp3) is 0.294. The number of aryl methyl sites for hydroxylation is 2. The Hall–Kier alpha value is -1.76. The summed E-state index contributed by atoms with van der Waals surface area (Å²) in [7, 11) is 0. The molecule has 0 saturated heterocycles. The van der Waals surface area contributed by atoms with Gasteiger partial charge in [0.2, 0.25) is 0 Å². The predicted molar refractivity (Wildman–Crippen MR) is 78.9 cm³/mol. The first-order valence-electron chi connectivity index (χ1n) is 6.68. The molecule has 0 fully saturated rings. The molecule has 1 nitrogen and oxygen atoms in total. The minimum Gasteiger partial charge on any atom is -0.398 e. The summed E-state index contributed by atoms with van der Waals surface area (Å²) in [5, 5.41) is 0. The van der Waals surface area contributed by atoms with Crippen LogP contribution in [0.4, 0.5) is 5.69 Å². The number of rotatable bonds is 4. The Morgan fingerprint density at radius 2 is 1.50 bits per heavy atom. The molecule has 18 heavy (non-hydrogen) atoms. The van der Waals surface area contributed by atoms with E-state index in [4.69, 9.17) is 5.73 Å². The second-order valence-electron chi connectivity index (χ2n) is 4.69. The van der Waals surface area contributed by atoms with Crippen molar-refractivity contribution in [2.45, 2.75) is 33.1 Å². The predicted octanol–water partition coefficient (Wildman–Crippen LogP) is 3.98. The van der Waals surface area contributed by atoms with Gasteiger partial charge >= 0.3 is 0 Å². The molecule has 0 amide bonds. The molecule has 0 radical (unpaired) electrons. The zero-order valence-electron chi connectivity index (χ0n) is 11.2. The SMILES string of the molecule is CCc1cccc(Cc2cccc(CC)c2N)c1. The van der Waals surface area contributed by atoms with Crippen LogP contribution in [-0.2, 0) is 19.3 Å². The highest BCUT2D eigenvalue weighted by atomic mass is 14.6. The van der Waals surface area contributed by atoms with Gasteiger partial charge in [-0.2, -0.15) is 0 Å². The Labute approximate surface area is 110 Å². The molecule has 0 saturated carbocycles. The van der Waals surface area contributed by atoms with Crippen LogP contribution in [0, 0.1) is 0 Å². The number of nitrogens with two attached hydrogens (primary N) is 1. The first-order chi connectivity index (χ1) is 8.74. The van der Waals surface area contributed by atoms with E-state index in [0.29, 0.717) is 0 Å². The van der Waals surface area contributed by atoms with E-state index in [-0.39, 0.29) is 0 Å². The molecule has 0 unspecified atom stereocenters. The minimum atomic E-state index is 0.924. The number of hydrogen-bond acceptors (Lipinski definition) is 1. The maximum absolute atomic E-state index is 6.21. The molecule has 2 aromatic carbocycles. The smallest absolute Gasteiger partial charge is 0.0382 e. The van der Waals surface area contributed by atoms with Crippen molar-refractivity contribution in [1.29, 1.82) is 0 Å². The summed E-state index contributed by atoms with van der Waals surface area (Å²) in [6, 6.07) is 15.1. The van der Waals surface area contributed by atoms with Gasteiger partial charge in [-0.05, 0) is 41.5 Å². The van der Waals surface area contributed by atoms with Gasteiger partial charge < -0.3 is 5.73 Å². The van der Waals surface area contributed by atoms with Crippen LogP contribution in [0.2, 0.25) is 0 Å². The zero-order valence-corrected chi connectivity index (χ0v) is 11.2. The van der Waals surface area contributed by atoms with Crippen molar-refractivity contribution in [3.05, 3.63) is 64.7 Å². The third kappa shape index (κ3) is 2.73. The van der Waals surface area contributed by atoms with E-state index in [1.165, 1.54) is 22.3 Å². The third-order valence-electron chi connectivity index (χ3n) is 3.46. The highest BCUT2D eigenvalue weighted by Gasteiger charge is 2.04. The van der Waals surface area contributed by atoms with Gasteiger partial charge in [0.25, 0.3) is 0 Å². The Balaban J connectivity index is 2.28. The number of para-hydroxylation sites is 1. The van der Waals surface area contributed by atoms with Gasteiger partial charge in [0.05, 0.1) is 0 Å². The third-order valence-corrected chi connectivity index (χ3v) is 3.46. The first kappa shape index (κ1) is 12.7. The van der Waals surface area contributed by atoms with Crippen molar-refractivity contribution in [3.8, 4) is 0 Å². The van der Waals surface area contributed by atoms with Crippen LogP contribution in [0.1, 0.15) is 36.1 Å². The summed E-state index contributed by atoms with van der Waals surface area (Å²) in [5.74, 6) is 0. The maximum Gasteiger partial charge on any atom is 0.0382 e. The lowest BCUT2D eigenvalue weighted by Gasteiger charge is -2.10. The zero-order chi connectivity index (χ0) is 13.0. The molecule has 2 N–H and O–H groups in total. The van der Waals surface area contributed by atoms with Crippen LogP contribution in [-0.4, -0.2) is 0 Å². The molecular formula is C17H21N. The molecule has 0 aromatic heterocycles. The maximum atomic E-state index is 6.21. The van der Waals surface area contributed by atoms with Crippen molar-refractivity contribution in [2.24, 2.45) is 0 Å². The lowest BCUT2D eigenvalue weighted by molar-refractivity contribution is 1.09. The van der Waals surface area contributed by atoms with Crippen LogP contribution < -0.4 is 5.73 Å². The summed E-state index contributed by atoms with van der Waals surface area (Å²) in [6.07, 6.45) is 3.00. The minimum absolute atomic E-state index is 0.924. The monoisotopic (exact) mass is 239 g/mol. The van der Waals surface area contributed by atoms with Crippen molar-refractivity contribution < 1.29 is 0 Å². The fourth-order valence-electron chi connectivity index (χ4n) is 2.31. The van der Waals surface area contributed by atoms with Crippen LogP contribution in [0.5, 0.6) is 0 Å². The average molecular weight is 239 g/mol. The highest BCUT2D eigenvalue weighted by molar-refractivity contribution is 5.55. The van der Waals surface area contributed by atoms with E-state index >= 15 is 0 Å². The lowest BCUT2D eigenvalue weighted by Crippen LogP contribution is -2.00. The summed E-state index contributed by atoms with van der Waals surface area (Å²) in [5.41, 5.74) is 12.4. The van der Waals surface area contributed by atoms with Gasteiger partial charge in [0, 0.05) is 5.69 Å². The molecule has 0 aliphatic heterocycles. The second-order valence-corrected chi connectivity index (χ2v) is 4.69. The molecular weight excluding hydrogens is 218 g/mol. The van der Waals surface area contributed by atoms with E-state index in [1.54, 1.807) is 0 Å². The van der Waals surface area contributed by atoms with E-state index in [2.05, 4.69) is 56.3 Å². The second kappa shape index (κ2) is 5.72. The van der Waals surface area contributed by atoms with Gasteiger partial charge in [-0.15, -0.1) is 0 Å². The topological polar surface area (TPSA) is 26.0 Å². The van der Waals surface area contributed by atoms with Crippen LogP contribution >= 0.6 is 0 Å². The molecule has 0 aliphatic rings. The summed E-state index contributed by atoms with van der Waals surface area (Å²) in [4.78, 5) is 0. The molecule has 2 rings (SSSR count). The standard InChI is InChI=1S/C17H21N/c1-3-13-7-5-8-14(11-13)12-16-10-6-9-15(4-2)17(16)18/h5-11H,3-4,12,18H2,1-2H3. The van der Waals surface area contributed by atoms with Gasteiger partial charge in [-0.25, -0.2) is 0 Å². The molecule has 94 valence electrons. The number of hydrogen-bond donors (Lipinski definition) is 1.